The van der Waals surface area contributed by atoms with Gasteiger partial charge in [-0.05, 0) is 31.2 Å². The Hall–Kier alpha value is -3.50. The molecule has 0 saturated carbocycles. The lowest BCUT2D eigenvalue weighted by molar-refractivity contribution is 0.0338. The summed E-state index contributed by atoms with van der Waals surface area (Å²) in [7, 11) is 0. The van der Waals surface area contributed by atoms with E-state index in [2.05, 4.69) is 10.2 Å². The van der Waals surface area contributed by atoms with Gasteiger partial charge in [-0.2, -0.15) is 0 Å². The Labute approximate surface area is 188 Å². The number of halogens is 2. The number of hydrogen-bond acceptors (Lipinski definition) is 6. The van der Waals surface area contributed by atoms with Gasteiger partial charge in [-0.1, -0.05) is 0 Å². The molecule has 4 rings (SSSR count). The van der Waals surface area contributed by atoms with Crippen molar-refractivity contribution >= 4 is 28.5 Å². The van der Waals surface area contributed by atoms with Crippen molar-refractivity contribution in [2.75, 3.05) is 38.2 Å². The van der Waals surface area contributed by atoms with Gasteiger partial charge in [0.15, 0.2) is 11.4 Å². The van der Waals surface area contributed by atoms with E-state index in [4.69, 9.17) is 19.6 Å². The fourth-order valence-corrected chi connectivity index (χ4v) is 3.75. The maximum Gasteiger partial charge on any atom is 0.286 e. The number of nitrogens with two attached hydrogens (primary N) is 1. The number of furan rings is 1. The summed E-state index contributed by atoms with van der Waals surface area (Å²) in [5.74, 6) is -3.35. The van der Waals surface area contributed by atoms with Gasteiger partial charge in [0, 0.05) is 36.8 Å². The third kappa shape index (κ3) is 4.81. The Morgan fingerprint density at radius 2 is 1.94 bits per heavy atom. The third-order valence-electron chi connectivity index (χ3n) is 5.29. The van der Waals surface area contributed by atoms with Crippen LogP contribution in [0.3, 0.4) is 0 Å². The van der Waals surface area contributed by atoms with Crippen molar-refractivity contribution in [2.24, 2.45) is 5.73 Å². The third-order valence-corrected chi connectivity index (χ3v) is 5.29. The highest BCUT2D eigenvalue weighted by Crippen LogP contribution is 2.34. The van der Waals surface area contributed by atoms with E-state index in [9.17, 15) is 18.4 Å². The van der Waals surface area contributed by atoms with Gasteiger partial charge < -0.3 is 24.9 Å². The first-order valence-corrected chi connectivity index (χ1v) is 10.5. The van der Waals surface area contributed by atoms with E-state index in [1.165, 1.54) is 0 Å². The average molecular weight is 459 g/mol. The molecule has 1 aromatic heterocycles. The first-order valence-electron chi connectivity index (χ1n) is 10.5. The quantitative estimate of drug-likeness (QED) is 0.562. The monoisotopic (exact) mass is 459 g/mol. The summed E-state index contributed by atoms with van der Waals surface area (Å²) in [6.07, 6.45) is 0. The molecule has 3 aromatic rings. The number of morpholine rings is 1. The van der Waals surface area contributed by atoms with Crippen molar-refractivity contribution in [3.05, 3.63) is 58.9 Å². The smallest absolute Gasteiger partial charge is 0.286 e. The molecule has 2 aromatic carbocycles. The number of ether oxygens (including phenoxy) is 2. The topological polar surface area (TPSA) is 107 Å². The van der Waals surface area contributed by atoms with Crippen LogP contribution in [0.15, 0.2) is 34.7 Å². The van der Waals surface area contributed by atoms with E-state index in [0.29, 0.717) is 38.2 Å². The van der Waals surface area contributed by atoms with Gasteiger partial charge in [0.05, 0.1) is 25.2 Å². The first kappa shape index (κ1) is 22.7. The van der Waals surface area contributed by atoms with E-state index < -0.39 is 29.2 Å². The molecule has 1 aliphatic rings. The number of carbonyl (C=O) groups excluding carboxylic acids is 2. The number of nitrogens with zero attached hydrogens (tertiary/aromatic N) is 1. The summed E-state index contributed by atoms with van der Waals surface area (Å²) >= 11 is 0. The van der Waals surface area contributed by atoms with E-state index in [1.807, 2.05) is 6.92 Å². The highest BCUT2D eigenvalue weighted by molar-refractivity contribution is 6.14. The second kappa shape index (κ2) is 9.55. The molecule has 0 aliphatic carbocycles. The standard InChI is InChI=1S/C23H23F2N3O5/c1-2-32-18-4-3-13(9-14(18)12-28-5-7-31-8-6-28)23(30)27-19-16-10-15(24)11-17(25)20(16)33-21(19)22(26)29/h3-4,9-11H,2,5-8,12H2,1H3,(H2,26,29)(H,27,30). The SMILES string of the molecule is CCOc1ccc(C(=O)Nc2c(C(N)=O)oc3c(F)cc(F)cc23)cc1CN1CCOCC1. The van der Waals surface area contributed by atoms with Crippen molar-refractivity contribution < 1.29 is 32.3 Å². The highest BCUT2D eigenvalue weighted by atomic mass is 19.1. The Bertz CT molecular complexity index is 1200. The summed E-state index contributed by atoms with van der Waals surface area (Å²) in [6.45, 7) is 5.64. The normalized spacial score (nSPS) is 14.4. The number of nitrogens with one attached hydrogen (secondary N) is 1. The molecule has 3 N–H and O–H groups in total. The number of benzene rings is 2. The predicted octanol–water partition coefficient (Wildman–Crippen LogP) is 3.29. The number of hydrogen-bond donors (Lipinski definition) is 2. The Balaban J connectivity index is 1.67. The van der Waals surface area contributed by atoms with Crippen LogP contribution in [-0.4, -0.2) is 49.6 Å². The lowest BCUT2D eigenvalue weighted by Crippen LogP contribution is -2.35. The lowest BCUT2D eigenvalue weighted by Gasteiger charge is -2.27. The Morgan fingerprint density at radius 3 is 2.64 bits per heavy atom. The van der Waals surface area contributed by atoms with Gasteiger partial charge >= 0.3 is 0 Å². The molecule has 1 saturated heterocycles. The second-order valence-corrected chi connectivity index (χ2v) is 7.53. The van der Waals surface area contributed by atoms with Crippen molar-refractivity contribution in [3.63, 3.8) is 0 Å². The molecular formula is C23H23F2N3O5. The summed E-state index contributed by atoms with van der Waals surface area (Å²) in [4.78, 5) is 27.1. The lowest BCUT2D eigenvalue weighted by atomic mass is 10.1. The van der Waals surface area contributed by atoms with Gasteiger partial charge in [0.25, 0.3) is 11.8 Å². The molecule has 2 amide bonds. The fourth-order valence-electron chi connectivity index (χ4n) is 3.75. The molecule has 0 unspecified atom stereocenters. The van der Waals surface area contributed by atoms with Crippen molar-refractivity contribution in [1.82, 2.24) is 4.90 Å². The number of carbonyl (C=O) groups is 2. The molecule has 2 heterocycles. The fraction of sp³-hybridized carbons (Fsp3) is 0.304. The van der Waals surface area contributed by atoms with Gasteiger partial charge in [0.2, 0.25) is 5.76 Å². The summed E-state index contributed by atoms with van der Waals surface area (Å²) in [6, 6.07) is 6.52. The summed E-state index contributed by atoms with van der Waals surface area (Å²) in [5, 5.41) is 2.42. The van der Waals surface area contributed by atoms with Crippen LogP contribution in [0, 0.1) is 11.6 Å². The van der Waals surface area contributed by atoms with Crippen LogP contribution in [0.4, 0.5) is 14.5 Å². The van der Waals surface area contributed by atoms with E-state index in [-0.39, 0.29) is 22.2 Å². The zero-order valence-corrected chi connectivity index (χ0v) is 18.0. The molecule has 174 valence electrons. The summed E-state index contributed by atoms with van der Waals surface area (Å²) in [5.41, 5.74) is 5.83. The second-order valence-electron chi connectivity index (χ2n) is 7.53. The Morgan fingerprint density at radius 1 is 1.18 bits per heavy atom. The van der Waals surface area contributed by atoms with Gasteiger partial charge in [-0.3, -0.25) is 14.5 Å². The molecule has 8 nitrogen and oxygen atoms in total. The molecule has 1 fully saturated rings. The molecule has 1 aliphatic heterocycles. The van der Waals surface area contributed by atoms with Crippen molar-refractivity contribution in [2.45, 2.75) is 13.5 Å². The van der Waals surface area contributed by atoms with Crippen LogP contribution in [-0.2, 0) is 11.3 Å². The minimum atomic E-state index is -1.03. The molecule has 0 radical (unpaired) electrons. The van der Waals surface area contributed by atoms with Crippen LogP contribution in [0.25, 0.3) is 11.0 Å². The van der Waals surface area contributed by atoms with E-state index in [0.717, 1.165) is 24.7 Å². The first-order chi connectivity index (χ1) is 15.9. The van der Waals surface area contributed by atoms with Crippen LogP contribution in [0.5, 0.6) is 5.75 Å². The maximum absolute atomic E-state index is 14.1. The van der Waals surface area contributed by atoms with E-state index in [1.54, 1.807) is 18.2 Å². The molecule has 0 atom stereocenters. The minimum absolute atomic E-state index is 0.103. The molecule has 0 bridgehead atoms. The largest absolute Gasteiger partial charge is 0.494 e. The molecule has 33 heavy (non-hydrogen) atoms. The molecular weight excluding hydrogens is 436 g/mol. The maximum atomic E-state index is 14.1. The Kier molecular flexibility index (Phi) is 6.57. The van der Waals surface area contributed by atoms with Crippen LogP contribution in [0.1, 0.15) is 33.4 Å². The highest BCUT2D eigenvalue weighted by Gasteiger charge is 2.24. The molecule has 0 spiro atoms. The zero-order chi connectivity index (χ0) is 23.5. The van der Waals surface area contributed by atoms with Gasteiger partial charge in [0.1, 0.15) is 17.3 Å². The van der Waals surface area contributed by atoms with Crippen LogP contribution < -0.4 is 15.8 Å². The number of amides is 2. The van der Waals surface area contributed by atoms with Gasteiger partial charge in [-0.15, -0.1) is 0 Å². The van der Waals surface area contributed by atoms with Crippen molar-refractivity contribution in [3.8, 4) is 5.75 Å². The average Bonchev–Trinajstić information content (AvgIpc) is 3.14. The van der Waals surface area contributed by atoms with Gasteiger partial charge in [-0.25, -0.2) is 8.78 Å². The number of anilines is 1. The zero-order valence-electron chi connectivity index (χ0n) is 18.0. The number of rotatable bonds is 7. The number of primary amides is 1. The summed E-state index contributed by atoms with van der Waals surface area (Å²) < 4.78 is 44.2. The molecule has 10 heteroatoms. The minimum Gasteiger partial charge on any atom is -0.494 e. The van der Waals surface area contributed by atoms with E-state index >= 15 is 0 Å². The van der Waals surface area contributed by atoms with Crippen LogP contribution >= 0.6 is 0 Å². The van der Waals surface area contributed by atoms with Crippen molar-refractivity contribution in [1.29, 1.82) is 0 Å². The number of fused-ring (bicyclic) bond motifs is 1. The predicted molar refractivity (Wildman–Crippen MR) is 116 cm³/mol. The van der Waals surface area contributed by atoms with Crippen LogP contribution in [0.2, 0.25) is 0 Å².